The number of rotatable bonds is 17. The number of hydrogen-bond acceptors (Lipinski definition) is 2. The summed E-state index contributed by atoms with van der Waals surface area (Å²) in [6.07, 6.45) is 37.4. The van der Waals surface area contributed by atoms with Gasteiger partial charge >= 0.3 is 197 Å². The summed E-state index contributed by atoms with van der Waals surface area (Å²) >= 11 is -1.67. The summed E-state index contributed by atoms with van der Waals surface area (Å²) in [6, 6.07) is 51.6. The average molecular weight is 1210 g/mol. The molecule has 2 nitrogen and oxygen atoms in total. The summed E-state index contributed by atoms with van der Waals surface area (Å²) in [4.78, 5) is 4.76. The summed E-state index contributed by atoms with van der Waals surface area (Å²) < 4.78 is 1.46. The molecule has 87 heavy (non-hydrogen) atoms. The minimum Gasteiger partial charge on any atom is -0.0683 e. The quantitative estimate of drug-likeness (QED) is 0.0663. The third-order valence-corrected chi connectivity index (χ3v) is 19.6. The van der Waals surface area contributed by atoms with Crippen LogP contribution in [0.4, 0.5) is 28.4 Å². The number of hydrogen-bond donors (Lipinski definition) is 0. The Kier molecular flexibility index (Phi) is 25.8. The normalized spacial score (nSPS) is 17.2. The largest absolute Gasteiger partial charge is 0.0683 e. The van der Waals surface area contributed by atoms with Crippen molar-refractivity contribution in [3.05, 3.63) is 323 Å². The minimum atomic E-state index is -1.67. The summed E-state index contributed by atoms with van der Waals surface area (Å²) in [7, 11) is 0. The van der Waals surface area contributed by atoms with Gasteiger partial charge in [0.2, 0.25) is 0 Å². The van der Waals surface area contributed by atoms with Crippen LogP contribution in [0.5, 0.6) is 0 Å². The van der Waals surface area contributed by atoms with Gasteiger partial charge in [-0.15, -0.1) is 0 Å². The van der Waals surface area contributed by atoms with Crippen molar-refractivity contribution in [2.24, 2.45) is 0 Å². The van der Waals surface area contributed by atoms with Crippen LogP contribution < -0.4 is 14.3 Å². The second kappa shape index (κ2) is 33.1. The predicted octanol–water partition coefficient (Wildman–Crippen LogP) is 24.6. The Balaban J connectivity index is 0.00000195. The summed E-state index contributed by atoms with van der Waals surface area (Å²) in [5.41, 5.74) is 25.2. The molecule has 3 heteroatoms. The fraction of sp³-hybridized carbons (Fsp3) is 0.238. The molecule has 0 spiro atoms. The fourth-order valence-electron chi connectivity index (χ4n) is 11.4. The molecule has 0 aromatic heterocycles. The maximum absolute atomic E-state index is 4.76. The first kappa shape index (κ1) is 67.9. The molecule has 0 amide bonds. The van der Waals surface area contributed by atoms with Crippen molar-refractivity contribution < 1.29 is 0 Å². The van der Waals surface area contributed by atoms with Gasteiger partial charge in [-0.3, -0.25) is 0 Å². The van der Waals surface area contributed by atoms with E-state index in [2.05, 4.69) is 307 Å². The van der Waals surface area contributed by atoms with Crippen molar-refractivity contribution in [1.29, 1.82) is 0 Å². The molecule has 2 unspecified atom stereocenters. The second-order valence-corrected chi connectivity index (χ2v) is 31.1. The number of benzene rings is 6. The Labute approximate surface area is 529 Å². The van der Waals surface area contributed by atoms with E-state index in [1.807, 2.05) is 53.7 Å². The Morgan fingerprint density at radius 2 is 1.32 bits per heavy atom. The molecule has 6 aromatic rings. The van der Waals surface area contributed by atoms with Gasteiger partial charge in [-0.1, -0.05) is 188 Å². The van der Waals surface area contributed by atoms with Crippen LogP contribution in [0.1, 0.15) is 140 Å². The van der Waals surface area contributed by atoms with E-state index in [9.17, 15) is 0 Å². The van der Waals surface area contributed by atoms with Crippen molar-refractivity contribution >= 4 is 68.5 Å². The van der Waals surface area contributed by atoms with Crippen LogP contribution in [-0.4, -0.2) is 19.4 Å². The van der Waals surface area contributed by atoms with Crippen molar-refractivity contribution in [2.75, 3.05) is 16.3 Å². The van der Waals surface area contributed by atoms with E-state index in [0.717, 1.165) is 74.7 Å². The van der Waals surface area contributed by atoms with Gasteiger partial charge in [0.05, 0.1) is 0 Å². The zero-order valence-corrected chi connectivity index (χ0v) is 56.9. The number of allylic oxidation sites excluding steroid dienone is 23. The SMILES string of the molecule is C=C/C=C(\C=C/CN(c1ccccc1)c1ccc(C(C)C2=CC=CCC(C)=C2)cc1)C1=CCC2/C(C)=C\C=C(\C)C(=C)/C(=C\C=C\c3ccc(N(c4ccc([Se](C)(C)C)cc4)c4ccc(/C(C=C)=C/C)c(C)c4)cc3)c3cccc1c32.CC.CC.CC. The maximum atomic E-state index is 4.76. The monoisotopic (exact) mass is 1210 g/mol. The van der Waals surface area contributed by atoms with Gasteiger partial charge in [0.25, 0.3) is 0 Å². The van der Waals surface area contributed by atoms with Gasteiger partial charge in [-0.25, -0.2) is 0 Å². The van der Waals surface area contributed by atoms with Crippen molar-refractivity contribution in [2.45, 2.75) is 125 Å². The summed E-state index contributed by atoms with van der Waals surface area (Å²) in [5.74, 6) is 7.76. The molecule has 3 aliphatic carbocycles. The molecule has 0 saturated carbocycles. The molecule has 9 rings (SSSR count). The zero-order valence-electron chi connectivity index (χ0n) is 55.2. The molecular weight excluding hydrogens is 1120 g/mol. The third-order valence-electron chi connectivity index (χ3n) is 16.1. The second-order valence-electron chi connectivity index (χ2n) is 22.4. The number of aryl methyl sites for hydroxylation is 1. The van der Waals surface area contributed by atoms with Crippen molar-refractivity contribution in [3.8, 4) is 0 Å². The number of para-hydroxylation sites is 1. The van der Waals surface area contributed by atoms with Crippen molar-refractivity contribution in [3.63, 3.8) is 0 Å². The van der Waals surface area contributed by atoms with Gasteiger partial charge in [-0.2, -0.15) is 0 Å². The molecule has 0 fully saturated rings. The average Bonchev–Trinajstić information content (AvgIpc) is 1.80. The first-order valence-electron chi connectivity index (χ1n) is 31.5. The number of nitrogens with zero attached hydrogens (tertiary/aromatic N) is 2. The molecule has 6 aromatic carbocycles. The van der Waals surface area contributed by atoms with E-state index in [-0.39, 0.29) is 5.92 Å². The van der Waals surface area contributed by atoms with Crippen LogP contribution in [0.15, 0.2) is 284 Å². The van der Waals surface area contributed by atoms with E-state index in [0.29, 0.717) is 12.5 Å². The topological polar surface area (TPSA) is 6.48 Å². The smallest absolute Gasteiger partial charge is 0.0134 e. The van der Waals surface area contributed by atoms with E-state index in [1.165, 1.54) is 60.1 Å². The molecule has 3 aliphatic rings. The van der Waals surface area contributed by atoms with E-state index in [4.69, 9.17) is 6.58 Å². The molecule has 0 N–H and O–H groups in total. The van der Waals surface area contributed by atoms with Gasteiger partial charge < -0.3 is 4.90 Å². The van der Waals surface area contributed by atoms with E-state index >= 15 is 0 Å². The first-order valence-corrected chi connectivity index (χ1v) is 37.5. The maximum Gasteiger partial charge on any atom is -0.0134 e. The minimum absolute atomic E-state index is 0.209. The Morgan fingerprint density at radius 1 is 0.690 bits per heavy atom. The van der Waals surface area contributed by atoms with Crippen LogP contribution >= 0.6 is 0 Å². The molecule has 0 heterocycles. The van der Waals surface area contributed by atoms with E-state index < -0.39 is 12.8 Å². The van der Waals surface area contributed by atoms with Crippen LogP contribution in [0.3, 0.4) is 0 Å². The van der Waals surface area contributed by atoms with Crippen LogP contribution in [0.25, 0.3) is 22.8 Å². The summed E-state index contributed by atoms with van der Waals surface area (Å²) in [5, 5.41) is 0. The number of anilines is 5. The molecule has 450 valence electrons. The standard InChI is InChI=1S/C78H80N2Se.3C2H6/c1-13-24-64(28-23-52-79(66-29-17-16-18-30-66)67-42-38-63(39-43-67)60(9)65-27-20-19-25-55(4)53-65)75-51-50-73-57(6)35-34-56(5)59(8)74(76-32-22-33-77(75)78(73)76)31-21-26-61-36-40-68(41-37-61)80(69-44-47-71(48-45-69)81(10,11)12)70-46-49-72(58(7)54-70)62(14-2)15-3;3*1-2/h13-24,26-49,51,53-54,60,73H,1-2,8,25,50,52H2,3-7,9-12H3;3*1-2H3/b26-21+,28-23-,56-34-,57-35-,62-15+,64-24+,74-31+;;;. The van der Waals surface area contributed by atoms with Gasteiger partial charge in [-0.05, 0) is 114 Å². The molecule has 2 atom stereocenters. The van der Waals surface area contributed by atoms with E-state index in [1.54, 1.807) is 0 Å². The van der Waals surface area contributed by atoms with Crippen molar-refractivity contribution in [1.82, 2.24) is 0 Å². The Morgan fingerprint density at radius 3 is 1.95 bits per heavy atom. The Bertz CT molecular complexity index is 3680. The van der Waals surface area contributed by atoms with Crippen LogP contribution in [0, 0.1) is 6.92 Å². The summed E-state index contributed by atoms with van der Waals surface area (Å²) in [6.45, 7) is 39.0. The van der Waals surface area contributed by atoms with Gasteiger partial charge in [0.15, 0.2) is 0 Å². The molecule has 0 bridgehead atoms. The molecule has 0 saturated heterocycles. The molecule has 0 aliphatic heterocycles. The Hall–Kier alpha value is -8.20. The zero-order chi connectivity index (χ0) is 63.2. The predicted molar refractivity (Wildman–Crippen MR) is 393 cm³/mol. The first-order chi connectivity index (χ1) is 42.2. The van der Waals surface area contributed by atoms with Gasteiger partial charge in [0, 0.05) is 29.8 Å². The van der Waals surface area contributed by atoms with Gasteiger partial charge in [0.1, 0.15) is 0 Å². The third kappa shape index (κ3) is 16.9. The van der Waals surface area contributed by atoms with Crippen LogP contribution in [0.2, 0.25) is 17.5 Å². The molecule has 0 radical (unpaired) electrons. The molecular formula is C84H98N2Se. The van der Waals surface area contributed by atoms with Crippen LogP contribution in [-0.2, 0) is 0 Å². The fourth-order valence-corrected chi connectivity index (χ4v) is 13.4.